The highest BCUT2D eigenvalue weighted by atomic mass is 16.5. The Balaban J connectivity index is 2.79. The van der Waals surface area contributed by atoms with Crippen LogP contribution in [0.5, 0.6) is 0 Å². The third kappa shape index (κ3) is 4.36. The number of nitrogens with zero attached hydrogens (tertiary/aromatic N) is 2. The van der Waals surface area contributed by atoms with Crippen LogP contribution in [0.3, 0.4) is 0 Å². The molecule has 0 fully saturated rings. The Morgan fingerprint density at radius 1 is 1.35 bits per heavy atom. The number of ether oxygens (including phenoxy) is 1. The van der Waals surface area contributed by atoms with Gasteiger partial charge in [0.05, 0.1) is 13.0 Å². The van der Waals surface area contributed by atoms with Gasteiger partial charge in [0.1, 0.15) is 17.5 Å². The first-order valence-corrected chi connectivity index (χ1v) is 6.79. The smallest absolute Gasteiger partial charge is 0.307 e. The first-order valence-electron chi connectivity index (χ1n) is 6.79. The molecule has 1 aromatic rings. The van der Waals surface area contributed by atoms with Gasteiger partial charge in [-0.25, -0.2) is 9.97 Å². The lowest BCUT2D eigenvalue weighted by atomic mass is 9.95. The summed E-state index contributed by atoms with van der Waals surface area (Å²) in [5, 5.41) is 3.12. The molecule has 112 valence electrons. The minimum absolute atomic E-state index is 0.181. The van der Waals surface area contributed by atoms with Crippen molar-refractivity contribution in [2.45, 2.75) is 46.5 Å². The Morgan fingerprint density at radius 2 is 2.00 bits per heavy atom. The first kappa shape index (κ1) is 16.2. The fourth-order valence-corrected chi connectivity index (χ4v) is 1.56. The number of nitrogens with one attached hydrogen (secondary N) is 1. The molecule has 0 bridgehead atoms. The normalized spacial score (nSPS) is 11.2. The Hall–Kier alpha value is -1.85. The van der Waals surface area contributed by atoms with E-state index in [2.05, 4.69) is 15.3 Å². The highest BCUT2D eigenvalue weighted by Crippen LogP contribution is 2.24. The summed E-state index contributed by atoms with van der Waals surface area (Å²) < 4.78 is 4.88. The van der Waals surface area contributed by atoms with Crippen LogP contribution in [0.1, 0.15) is 45.5 Å². The van der Waals surface area contributed by atoms with Crippen molar-refractivity contribution in [1.29, 1.82) is 0 Å². The Morgan fingerprint density at radius 3 is 2.55 bits per heavy atom. The zero-order valence-electron chi connectivity index (χ0n) is 12.9. The van der Waals surface area contributed by atoms with Gasteiger partial charge in [0.2, 0.25) is 0 Å². The second-order valence-electron chi connectivity index (χ2n) is 5.64. The molecule has 0 amide bonds. The number of rotatable bonds is 5. The summed E-state index contributed by atoms with van der Waals surface area (Å²) in [5.41, 5.74) is 6.53. The number of anilines is 2. The summed E-state index contributed by atoms with van der Waals surface area (Å²) in [6.07, 6.45) is 0.294. The second-order valence-corrected chi connectivity index (χ2v) is 5.64. The summed E-state index contributed by atoms with van der Waals surface area (Å²) in [6.45, 7) is 10.6. The molecule has 0 spiro atoms. The molecular weight excluding hydrogens is 256 g/mol. The van der Waals surface area contributed by atoms with Crippen LogP contribution in [0.25, 0.3) is 0 Å². The maximum absolute atomic E-state index is 11.3. The summed E-state index contributed by atoms with van der Waals surface area (Å²) in [5.74, 6) is 1.59. The van der Waals surface area contributed by atoms with Gasteiger partial charge in [-0.05, 0) is 13.8 Å². The lowest BCUT2D eigenvalue weighted by molar-refractivity contribution is -0.142. The molecule has 0 unspecified atom stereocenters. The van der Waals surface area contributed by atoms with E-state index in [-0.39, 0.29) is 11.4 Å². The van der Waals surface area contributed by atoms with Crippen LogP contribution in [0.4, 0.5) is 11.6 Å². The van der Waals surface area contributed by atoms with Gasteiger partial charge in [-0.2, -0.15) is 0 Å². The van der Waals surface area contributed by atoms with Gasteiger partial charge in [-0.15, -0.1) is 0 Å². The number of hydrogen-bond acceptors (Lipinski definition) is 6. The highest BCUT2D eigenvalue weighted by Gasteiger charge is 2.20. The largest absolute Gasteiger partial charge is 0.466 e. The minimum atomic E-state index is -0.226. The van der Waals surface area contributed by atoms with Gasteiger partial charge >= 0.3 is 5.97 Å². The van der Waals surface area contributed by atoms with E-state index in [4.69, 9.17) is 10.5 Å². The van der Waals surface area contributed by atoms with Crippen molar-refractivity contribution in [2.24, 2.45) is 0 Å². The Kier molecular flexibility index (Phi) is 5.30. The molecule has 1 aromatic heterocycles. The molecule has 0 saturated heterocycles. The van der Waals surface area contributed by atoms with Crippen LogP contribution in [0.15, 0.2) is 0 Å². The summed E-state index contributed by atoms with van der Waals surface area (Å²) in [7, 11) is 0. The van der Waals surface area contributed by atoms with E-state index in [1.54, 1.807) is 6.92 Å². The van der Waals surface area contributed by atoms with Crippen LogP contribution < -0.4 is 11.1 Å². The van der Waals surface area contributed by atoms with E-state index >= 15 is 0 Å². The topological polar surface area (TPSA) is 90.1 Å². The van der Waals surface area contributed by atoms with Crippen molar-refractivity contribution in [3.05, 3.63) is 11.4 Å². The number of carbonyl (C=O) groups is 1. The van der Waals surface area contributed by atoms with Crippen molar-refractivity contribution in [3.63, 3.8) is 0 Å². The molecular formula is C14H24N4O2. The van der Waals surface area contributed by atoms with E-state index < -0.39 is 0 Å². The standard InChI is InChI=1S/C14H24N4O2/c1-6-20-10(19)7-8-16-12-9(2)11(15)17-13(18-12)14(3,4)5/h6-8H2,1-5H3,(H3,15,16,17,18). The molecule has 0 aromatic carbocycles. The molecule has 0 saturated carbocycles. The molecule has 0 aliphatic rings. The summed E-state index contributed by atoms with van der Waals surface area (Å²) >= 11 is 0. The molecule has 0 radical (unpaired) electrons. The monoisotopic (exact) mass is 280 g/mol. The molecule has 3 N–H and O–H groups in total. The maximum Gasteiger partial charge on any atom is 0.307 e. The zero-order valence-corrected chi connectivity index (χ0v) is 12.9. The third-order valence-electron chi connectivity index (χ3n) is 2.78. The molecule has 1 rings (SSSR count). The van der Waals surface area contributed by atoms with Crippen molar-refractivity contribution in [2.75, 3.05) is 24.2 Å². The Bertz CT molecular complexity index is 481. The van der Waals surface area contributed by atoms with Crippen LogP contribution in [0.2, 0.25) is 0 Å². The van der Waals surface area contributed by atoms with Crippen LogP contribution in [-0.4, -0.2) is 29.1 Å². The molecule has 0 aliphatic heterocycles. The number of hydrogen-bond donors (Lipinski definition) is 2. The molecule has 0 atom stereocenters. The lowest BCUT2D eigenvalue weighted by Crippen LogP contribution is -2.20. The van der Waals surface area contributed by atoms with E-state index in [1.165, 1.54) is 0 Å². The lowest BCUT2D eigenvalue weighted by Gasteiger charge is -2.19. The number of aromatic nitrogens is 2. The molecule has 0 aliphatic carbocycles. The van der Waals surface area contributed by atoms with Crippen molar-refractivity contribution in [3.8, 4) is 0 Å². The fourth-order valence-electron chi connectivity index (χ4n) is 1.56. The van der Waals surface area contributed by atoms with E-state index in [0.717, 1.165) is 5.56 Å². The Labute approximate surface area is 120 Å². The predicted molar refractivity (Wildman–Crippen MR) is 79.6 cm³/mol. The number of nitrogens with two attached hydrogens (primary N) is 1. The molecule has 6 heteroatoms. The van der Waals surface area contributed by atoms with Gasteiger partial charge in [-0.3, -0.25) is 4.79 Å². The van der Waals surface area contributed by atoms with Crippen LogP contribution in [-0.2, 0) is 14.9 Å². The average Bonchev–Trinajstić information content (AvgIpc) is 2.33. The summed E-state index contributed by atoms with van der Waals surface area (Å²) in [4.78, 5) is 20.1. The average molecular weight is 280 g/mol. The van der Waals surface area contributed by atoms with Gasteiger partial charge in [0, 0.05) is 17.5 Å². The molecule has 6 nitrogen and oxygen atoms in total. The minimum Gasteiger partial charge on any atom is -0.466 e. The van der Waals surface area contributed by atoms with Gasteiger partial charge in [0.15, 0.2) is 0 Å². The first-order chi connectivity index (χ1) is 9.25. The quantitative estimate of drug-likeness (QED) is 0.802. The number of carbonyl (C=O) groups excluding carboxylic acids is 1. The SMILES string of the molecule is CCOC(=O)CCNc1nc(C(C)(C)C)nc(N)c1C. The maximum atomic E-state index is 11.3. The molecule has 1 heterocycles. The number of esters is 1. The van der Waals surface area contributed by atoms with Gasteiger partial charge in [-0.1, -0.05) is 20.8 Å². The van der Waals surface area contributed by atoms with Crippen LogP contribution >= 0.6 is 0 Å². The van der Waals surface area contributed by atoms with E-state index in [0.29, 0.717) is 37.0 Å². The van der Waals surface area contributed by atoms with E-state index in [9.17, 15) is 4.79 Å². The third-order valence-corrected chi connectivity index (χ3v) is 2.78. The summed E-state index contributed by atoms with van der Waals surface area (Å²) in [6, 6.07) is 0. The molecule has 20 heavy (non-hydrogen) atoms. The van der Waals surface area contributed by atoms with Crippen LogP contribution in [0, 0.1) is 6.92 Å². The predicted octanol–water partition coefficient (Wildman–Crippen LogP) is 2.03. The van der Waals surface area contributed by atoms with Gasteiger partial charge < -0.3 is 15.8 Å². The van der Waals surface area contributed by atoms with Gasteiger partial charge in [0.25, 0.3) is 0 Å². The number of nitrogen functional groups attached to an aromatic ring is 1. The zero-order chi connectivity index (χ0) is 15.3. The fraction of sp³-hybridized carbons (Fsp3) is 0.643. The van der Waals surface area contributed by atoms with Crippen molar-refractivity contribution in [1.82, 2.24) is 9.97 Å². The van der Waals surface area contributed by atoms with E-state index in [1.807, 2.05) is 27.7 Å². The van der Waals surface area contributed by atoms with Crippen molar-refractivity contribution >= 4 is 17.6 Å². The highest BCUT2D eigenvalue weighted by molar-refractivity contribution is 5.70. The van der Waals surface area contributed by atoms with Crippen molar-refractivity contribution < 1.29 is 9.53 Å². The second kappa shape index (κ2) is 6.54.